The summed E-state index contributed by atoms with van der Waals surface area (Å²) in [5.41, 5.74) is 0.519. The van der Waals surface area contributed by atoms with Crippen LogP contribution in [0.2, 0.25) is 0 Å². The number of ether oxygens (including phenoxy) is 1. The molecule has 3 heteroatoms. The van der Waals surface area contributed by atoms with E-state index >= 15 is 0 Å². The first kappa shape index (κ1) is 18.9. The summed E-state index contributed by atoms with van der Waals surface area (Å²) in [6.07, 6.45) is 8.46. The monoisotopic (exact) mass is 282 g/mol. The number of carbonyl (C=O) groups excluding carboxylic acids is 2. The van der Waals surface area contributed by atoms with E-state index in [1.54, 1.807) is 26.8 Å². The van der Waals surface area contributed by atoms with Crippen LogP contribution in [0.5, 0.6) is 0 Å². The van der Waals surface area contributed by atoms with E-state index in [0.29, 0.717) is 0 Å². The maximum Gasteiger partial charge on any atom is 0.314 e. The molecule has 0 heterocycles. The Bertz CT molecular complexity index is 335. The van der Waals surface area contributed by atoms with Crippen LogP contribution in [-0.4, -0.2) is 17.4 Å². The third-order valence-corrected chi connectivity index (χ3v) is 2.82. The molecule has 116 valence electrons. The summed E-state index contributed by atoms with van der Waals surface area (Å²) in [4.78, 5) is 23.2. The molecule has 0 aromatic rings. The highest BCUT2D eigenvalue weighted by atomic mass is 16.6. The van der Waals surface area contributed by atoms with Gasteiger partial charge in [-0.1, -0.05) is 38.2 Å². The number of unbranched alkanes of at least 4 members (excludes halogenated alkanes) is 4. The van der Waals surface area contributed by atoms with E-state index < -0.39 is 11.6 Å². The molecule has 0 saturated heterocycles. The van der Waals surface area contributed by atoms with Crippen LogP contribution in [0.25, 0.3) is 0 Å². The van der Waals surface area contributed by atoms with Crippen LogP contribution in [0.15, 0.2) is 11.6 Å². The van der Waals surface area contributed by atoms with Gasteiger partial charge in [0.15, 0.2) is 5.78 Å². The molecule has 0 amide bonds. The standard InChI is InChI=1S/C17H30O3/c1-6-7-8-9-10-11-14(2)12-15(18)13-16(19)20-17(3,4)5/h12H,6-11,13H2,1-5H3/b14-12+. The Balaban J connectivity index is 3.98. The largest absolute Gasteiger partial charge is 0.460 e. The normalized spacial score (nSPS) is 12.3. The van der Waals surface area contributed by atoms with Crippen LogP contribution < -0.4 is 0 Å². The zero-order chi connectivity index (χ0) is 15.6. The van der Waals surface area contributed by atoms with Crippen LogP contribution in [0.3, 0.4) is 0 Å². The lowest BCUT2D eigenvalue weighted by Gasteiger charge is -2.18. The van der Waals surface area contributed by atoms with Crippen molar-refractivity contribution in [2.75, 3.05) is 0 Å². The molecule has 0 N–H and O–H groups in total. The molecule has 0 rings (SSSR count). The van der Waals surface area contributed by atoms with Crippen molar-refractivity contribution in [1.29, 1.82) is 0 Å². The molecule has 0 aromatic heterocycles. The zero-order valence-corrected chi connectivity index (χ0v) is 13.8. The van der Waals surface area contributed by atoms with Crippen LogP contribution in [0.1, 0.15) is 79.6 Å². The number of rotatable bonds is 9. The molecule has 0 aliphatic rings. The van der Waals surface area contributed by atoms with Crippen molar-refractivity contribution in [1.82, 2.24) is 0 Å². The molecule has 0 aliphatic heterocycles. The number of hydrogen-bond donors (Lipinski definition) is 0. The molecule has 0 fully saturated rings. The van der Waals surface area contributed by atoms with Gasteiger partial charge in [-0.3, -0.25) is 9.59 Å². The van der Waals surface area contributed by atoms with Gasteiger partial charge in [-0.15, -0.1) is 0 Å². The molecule has 0 bridgehead atoms. The van der Waals surface area contributed by atoms with Gasteiger partial charge in [0, 0.05) is 0 Å². The van der Waals surface area contributed by atoms with Crippen molar-refractivity contribution in [3.8, 4) is 0 Å². The van der Waals surface area contributed by atoms with Gasteiger partial charge in [-0.2, -0.15) is 0 Å². The van der Waals surface area contributed by atoms with E-state index in [-0.39, 0.29) is 12.2 Å². The van der Waals surface area contributed by atoms with Crippen molar-refractivity contribution < 1.29 is 14.3 Å². The van der Waals surface area contributed by atoms with Crippen molar-refractivity contribution in [3.05, 3.63) is 11.6 Å². The molecule has 0 aromatic carbocycles. The van der Waals surface area contributed by atoms with Gasteiger partial charge >= 0.3 is 5.97 Å². The van der Waals surface area contributed by atoms with Crippen molar-refractivity contribution in [3.63, 3.8) is 0 Å². The van der Waals surface area contributed by atoms with E-state index in [0.717, 1.165) is 18.4 Å². The van der Waals surface area contributed by atoms with Crippen LogP contribution in [0.4, 0.5) is 0 Å². The maximum atomic E-state index is 11.7. The average Bonchev–Trinajstić information content (AvgIpc) is 2.25. The minimum absolute atomic E-state index is 0.162. The molecule has 0 unspecified atom stereocenters. The smallest absolute Gasteiger partial charge is 0.314 e. The van der Waals surface area contributed by atoms with Crippen molar-refractivity contribution in [2.24, 2.45) is 0 Å². The first-order chi connectivity index (χ1) is 9.24. The van der Waals surface area contributed by atoms with Gasteiger partial charge in [-0.05, 0) is 46.6 Å². The fourth-order valence-corrected chi connectivity index (χ4v) is 1.93. The van der Waals surface area contributed by atoms with E-state index in [4.69, 9.17) is 4.74 Å². The molecular weight excluding hydrogens is 252 g/mol. The first-order valence-corrected chi connectivity index (χ1v) is 7.66. The van der Waals surface area contributed by atoms with E-state index in [2.05, 4.69) is 6.92 Å². The molecule has 3 nitrogen and oxygen atoms in total. The summed E-state index contributed by atoms with van der Waals surface area (Å²) in [6.45, 7) is 9.54. The Morgan fingerprint density at radius 2 is 1.65 bits per heavy atom. The summed E-state index contributed by atoms with van der Waals surface area (Å²) < 4.78 is 5.13. The number of allylic oxidation sites excluding steroid dienone is 2. The lowest BCUT2D eigenvalue weighted by Crippen LogP contribution is -2.25. The fourth-order valence-electron chi connectivity index (χ4n) is 1.93. The highest BCUT2D eigenvalue weighted by molar-refractivity contribution is 6.02. The molecule has 0 radical (unpaired) electrons. The summed E-state index contributed by atoms with van der Waals surface area (Å²) in [5, 5.41) is 0. The van der Waals surface area contributed by atoms with Crippen molar-refractivity contribution >= 4 is 11.8 Å². The van der Waals surface area contributed by atoms with Gasteiger partial charge < -0.3 is 4.74 Å². The molecular formula is C17H30O3. The second-order valence-corrected chi connectivity index (χ2v) is 6.38. The van der Waals surface area contributed by atoms with Crippen LogP contribution >= 0.6 is 0 Å². The first-order valence-electron chi connectivity index (χ1n) is 7.66. The Kier molecular flexibility index (Phi) is 9.19. The van der Waals surface area contributed by atoms with E-state index in [1.807, 2.05) is 6.92 Å². The number of esters is 1. The van der Waals surface area contributed by atoms with E-state index in [1.165, 1.54) is 25.7 Å². The lowest BCUT2D eigenvalue weighted by molar-refractivity contribution is -0.155. The highest BCUT2D eigenvalue weighted by Crippen LogP contribution is 2.12. The van der Waals surface area contributed by atoms with Gasteiger partial charge in [0.25, 0.3) is 0 Å². The second kappa shape index (κ2) is 9.73. The Morgan fingerprint density at radius 1 is 1.05 bits per heavy atom. The van der Waals surface area contributed by atoms with Crippen LogP contribution in [-0.2, 0) is 14.3 Å². The van der Waals surface area contributed by atoms with E-state index in [9.17, 15) is 9.59 Å². The third-order valence-electron chi connectivity index (χ3n) is 2.82. The van der Waals surface area contributed by atoms with Gasteiger partial charge in [0.2, 0.25) is 0 Å². The Morgan fingerprint density at radius 3 is 2.20 bits per heavy atom. The van der Waals surface area contributed by atoms with Gasteiger partial charge in [0.1, 0.15) is 12.0 Å². The Labute approximate surface area is 123 Å². The lowest BCUT2D eigenvalue weighted by atomic mass is 10.1. The fraction of sp³-hybridized carbons (Fsp3) is 0.765. The molecule has 20 heavy (non-hydrogen) atoms. The molecule has 0 aliphatic carbocycles. The zero-order valence-electron chi connectivity index (χ0n) is 13.8. The highest BCUT2D eigenvalue weighted by Gasteiger charge is 2.17. The van der Waals surface area contributed by atoms with Crippen LogP contribution in [0, 0.1) is 0 Å². The topological polar surface area (TPSA) is 43.4 Å². The van der Waals surface area contributed by atoms with Gasteiger partial charge in [-0.25, -0.2) is 0 Å². The SMILES string of the molecule is CCCCCCC/C(C)=C/C(=O)CC(=O)OC(C)(C)C. The summed E-state index contributed by atoms with van der Waals surface area (Å²) >= 11 is 0. The molecule has 0 atom stereocenters. The molecule has 0 spiro atoms. The molecule has 0 saturated carbocycles. The summed E-state index contributed by atoms with van der Waals surface area (Å²) in [5.74, 6) is -0.611. The second-order valence-electron chi connectivity index (χ2n) is 6.38. The minimum Gasteiger partial charge on any atom is -0.460 e. The summed E-state index contributed by atoms with van der Waals surface area (Å²) in [7, 11) is 0. The number of hydrogen-bond acceptors (Lipinski definition) is 3. The van der Waals surface area contributed by atoms with Gasteiger partial charge in [0.05, 0.1) is 0 Å². The van der Waals surface area contributed by atoms with Crippen molar-refractivity contribution in [2.45, 2.75) is 85.2 Å². The average molecular weight is 282 g/mol. The third kappa shape index (κ3) is 11.9. The minimum atomic E-state index is -0.532. The summed E-state index contributed by atoms with van der Waals surface area (Å²) in [6, 6.07) is 0. The quantitative estimate of drug-likeness (QED) is 0.269. The predicted octanol–water partition coefficient (Wildman–Crippen LogP) is 4.59. The Hall–Kier alpha value is -1.12. The maximum absolute atomic E-state index is 11.7. The predicted molar refractivity (Wildman–Crippen MR) is 82.6 cm³/mol. The number of ketones is 1. The number of carbonyl (C=O) groups is 2.